The van der Waals surface area contributed by atoms with Crippen LogP contribution in [0.3, 0.4) is 0 Å². The molecule has 30 heavy (non-hydrogen) atoms. The van der Waals surface area contributed by atoms with Gasteiger partial charge in [0.25, 0.3) is 0 Å². The van der Waals surface area contributed by atoms with Crippen molar-refractivity contribution in [2.24, 2.45) is 4.99 Å². The van der Waals surface area contributed by atoms with E-state index in [0.29, 0.717) is 30.2 Å². The van der Waals surface area contributed by atoms with Crippen molar-refractivity contribution in [1.29, 1.82) is 5.26 Å². The molecule has 156 valence electrons. The molecule has 2 N–H and O–H groups in total. The normalized spacial score (nSPS) is 10.8. The van der Waals surface area contributed by atoms with E-state index in [9.17, 15) is 4.39 Å². The Morgan fingerprint density at radius 3 is 2.63 bits per heavy atom. The second kappa shape index (κ2) is 11.9. The Bertz CT molecular complexity index is 993. The molecule has 0 saturated heterocycles. The number of aromatic nitrogens is 2. The van der Waals surface area contributed by atoms with Crippen LogP contribution in [0.25, 0.3) is 5.69 Å². The summed E-state index contributed by atoms with van der Waals surface area (Å²) in [5.74, 6) is 0.213. The van der Waals surface area contributed by atoms with E-state index in [0.717, 1.165) is 12.1 Å². The highest BCUT2D eigenvalue weighted by molar-refractivity contribution is 14.0. The summed E-state index contributed by atoms with van der Waals surface area (Å²) in [5.41, 5.74) is 2.97. The molecule has 0 amide bonds. The molecule has 6 nitrogen and oxygen atoms in total. The van der Waals surface area contributed by atoms with Crippen LogP contribution in [0.15, 0.2) is 65.9 Å². The lowest BCUT2D eigenvalue weighted by molar-refractivity contribution is 0.609. The van der Waals surface area contributed by atoms with E-state index in [2.05, 4.69) is 32.9 Å². The summed E-state index contributed by atoms with van der Waals surface area (Å²) in [6.45, 7) is 3.59. The molecule has 0 atom stereocenters. The van der Waals surface area contributed by atoms with Gasteiger partial charge in [0, 0.05) is 31.0 Å². The van der Waals surface area contributed by atoms with Crippen molar-refractivity contribution in [2.75, 3.05) is 13.1 Å². The van der Waals surface area contributed by atoms with Crippen molar-refractivity contribution in [3.05, 3.63) is 83.4 Å². The van der Waals surface area contributed by atoms with Gasteiger partial charge in [-0.05, 0) is 49.2 Å². The van der Waals surface area contributed by atoms with Crippen LogP contribution in [0, 0.1) is 17.1 Å². The molecule has 3 aromatic rings. The van der Waals surface area contributed by atoms with Gasteiger partial charge < -0.3 is 10.6 Å². The Kier molecular flexibility index (Phi) is 9.28. The topological polar surface area (TPSA) is 78.0 Å². The molecule has 0 unspecified atom stereocenters. The van der Waals surface area contributed by atoms with Crippen molar-refractivity contribution in [3.8, 4) is 11.8 Å². The zero-order chi connectivity index (χ0) is 20.5. The van der Waals surface area contributed by atoms with Crippen molar-refractivity contribution in [2.45, 2.75) is 19.9 Å². The van der Waals surface area contributed by atoms with Crippen LogP contribution >= 0.6 is 24.0 Å². The maximum atomic E-state index is 14.0. The zero-order valence-electron chi connectivity index (χ0n) is 16.7. The van der Waals surface area contributed by atoms with E-state index in [-0.39, 0.29) is 30.5 Å². The minimum Gasteiger partial charge on any atom is -0.357 e. The molecule has 0 spiro atoms. The number of hydrogen-bond donors (Lipinski definition) is 2. The minimum atomic E-state index is -0.416. The lowest BCUT2D eigenvalue weighted by atomic mass is 10.1. The van der Waals surface area contributed by atoms with Crippen LogP contribution in [0.1, 0.15) is 23.6 Å². The Morgan fingerprint density at radius 2 is 2.00 bits per heavy atom. The number of rotatable bonds is 7. The second-order valence-electron chi connectivity index (χ2n) is 6.41. The lowest BCUT2D eigenvalue weighted by Gasteiger charge is -2.12. The molecule has 3 rings (SSSR count). The highest BCUT2D eigenvalue weighted by Gasteiger charge is 2.04. The number of benzene rings is 2. The number of aliphatic imine (C=N–C) groups is 1. The summed E-state index contributed by atoms with van der Waals surface area (Å²) < 4.78 is 15.8. The monoisotopic (exact) mass is 518 g/mol. The lowest BCUT2D eigenvalue weighted by Crippen LogP contribution is -2.38. The van der Waals surface area contributed by atoms with E-state index >= 15 is 0 Å². The first kappa shape index (κ1) is 23.3. The van der Waals surface area contributed by atoms with E-state index < -0.39 is 5.82 Å². The smallest absolute Gasteiger partial charge is 0.191 e. The van der Waals surface area contributed by atoms with Crippen LogP contribution < -0.4 is 10.6 Å². The van der Waals surface area contributed by atoms with E-state index in [1.165, 1.54) is 11.6 Å². The molecule has 0 aliphatic carbocycles. The van der Waals surface area contributed by atoms with Crippen molar-refractivity contribution in [3.63, 3.8) is 0 Å². The van der Waals surface area contributed by atoms with E-state index in [4.69, 9.17) is 5.26 Å². The van der Waals surface area contributed by atoms with Gasteiger partial charge in [-0.25, -0.2) is 14.1 Å². The first-order chi connectivity index (χ1) is 14.2. The fraction of sp³-hybridized carbons (Fsp3) is 0.227. The second-order valence-corrected chi connectivity index (χ2v) is 6.41. The standard InChI is InChI=1S/C22H23FN6.HI/c1-2-25-22(27-16-19-7-4-18(15-24)14-21(19)23)26-12-10-17-5-8-20(9-6-17)29-13-3-11-28-29;/h3-9,11,13-14H,2,10,12,16H2,1H3,(H2,25,26,27);1H. The summed E-state index contributed by atoms with van der Waals surface area (Å²) in [6.07, 6.45) is 4.49. The maximum absolute atomic E-state index is 14.0. The van der Waals surface area contributed by atoms with Crippen LogP contribution in [-0.2, 0) is 13.0 Å². The number of hydrogen-bond acceptors (Lipinski definition) is 3. The summed E-state index contributed by atoms with van der Waals surface area (Å²) in [4.78, 5) is 4.44. The molecular formula is C22H24FIN6. The minimum absolute atomic E-state index is 0. The zero-order valence-corrected chi connectivity index (χ0v) is 19.0. The molecule has 0 saturated carbocycles. The van der Waals surface area contributed by atoms with Crippen LogP contribution in [0.2, 0.25) is 0 Å². The number of nitrogens with one attached hydrogen (secondary N) is 2. The third-order valence-corrected chi connectivity index (χ3v) is 4.35. The predicted molar refractivity (Wildman–Crippen MR) is 127 cm³/mol. The van der Waals surface area contributed by atoms with Gasteiger partial charge >= 0.3 is 0 Å². The molecule has 8 heteroatoms. The molecule has 1 aromatic heterocycles. The Balaban J connectivity index is 0.00000320. The van der Waals surface area contributed by atoms with Gasteiger partial charge in [0.2, 0.25) is 0 Å². The first-order valence-corrected chi connectivity index (χ1v) is 9.49. The van der Waals surface area contributed by atoms with Gasteiger partial charge in [-0.3, -0.25) is 0 Å². The van der Waals surface area contributed by atoms with Crippen molar-refractivity contribution >= 4 is 29.9 Å². The van der Waals surface area contributed by atoms with Gasteiger partial charge in [0.05, 0.1) is 23.9 Å². The molecule has 0 bridgehead atoms. The largest absolute Gasteiger partial charge is 0.357 e. The number of nitriles is 1. The number of guanidine groups is 1. The summed E-state index contributed by atoms with van der Waals surface area (Å²) in [5, 5.41) is 19.5. The number of halogens is 2. The van der Waals surface area contributed by atoms with Gasteiger partial charge in [-0.15, -0.1) is 24.0 Å². The van der Waals surface area contributed by atoms with E-state index in [1.807, 2.05) is 42.1 Å². The molecule has 0 fully saturated rings. The van der Waals surface area contributed by atoms with Crippen LogP contribution in [0.5, 0.6) is 0 Å². The van der Waals surface area contributed by atoms with Crippen molar-refractivity contribution < 1.29 is 4.39 Å². The predicted octanol–water partition coefficient (Wildman–Crippen LogP) is 3.80. The average Bonchev–Trinajstić information content (AvgIpc) is 3.28. The SMILES string of the molecule is CCNC(=NCc1ccc(C#N)cc1F)NCCc1ccc(-n2cccn2)cc1.I. The van der Waals surface area contributed by atoms with Gasteiger partial charge in [-0.2, -0.15) is 10.4 Å². The van der Waals surface area contributed by atoms with Gasteiger partial charge in [-0.1, -0.05) is 18.2 Å². The molecule has 0 radical (unpaired) electrons. The quantitative estimate of drug-likeness (QED) is 0.284. The molecule has 2 aromatic carbocycles. The van der Waals surface area contributed by atoms with Crippen molar-refractivity contribution in [1.82, 2.24) is 20.4 Å². The fourth-order valence-electron chi connectivity index (χ4n) is 2.81. The summed E-state index contributed by atoms with van der Waals surface area (Å²) >= 11 is 0. The maximum Gasteiger partial charge on any atom is 0.191 e. The summed E-state index contributed by atoms with van der Waals surface area (Å²) in [6, 6.07) is 16.5. The Labute approximate surface area is 192 Å². The third-order valence-electron chi connectivity index (χ3n) is 4.35. The molecule has 1 heterocycles. The first-order valence-electron chi connectivity index (χ1n) is 9.49. The Morgan fingerprint density at radius 1 is 1.20 bits per heavy atom. The van der Waals surface area contributed by atoms with Crippen LogP contribution in [-0.4, -0.2) is 28.8 Å². The molecular weight excluding hydrogens is 494 g/mol. The molecule has 0 aliphatic heterocycles. The van der Waals surface area contributed by atoms with Crippen LogP contribution in [0.4, 0.5) is 4.39 Å². The van der Waals surface area contributed by atoms with E-state index in [1.54, 1.807) is 18.3 Å². The fourth-order valence-corrected chi connectivity index (χ4v) is 2.81. The third kappa shape index (κ3) is 6.56. The molecule has 0 aliphatic rings. The Hall–Kier alpha value is -2.93. The average molecular weight is 518 g/mol. The van der Waals surface area contributed by atoms with Gasteiger partial charge in [0.1, 0.15) is 5.82 Å². The van der Waals surface area contributed by atoms with Gasteiger partial charge in [0.15, 0.2) is 5.96 Å². The number of nitrogens with zero attached hydrogens (tertiary/aromatic N) is 4. The summed E-state index contributed by atoms with van der Waals surface area (Å²) in [7, 11) is 0. The highest BCUT2D eigenvalue weighted by Crippen LogP contribution is 2.11. The highest BCUT2D eigenvalue weighted by atomic mass is 127.